The molecular weight excluding hydrogens is 252 g/mol. The highest BCUT2D eigenvalue weighted by Crippen LogP contribution is 2.31. The maximum Gasteiger partial charge on any atom is 0.127 e. The Morgan fingerprint density at radius 1 is 1.00 bits per heavy atom. The van der Waals surface area contributed by atoms with Crippen LogP contribution in [0.5, 0.6) is 5.75 Å². The molecule has 0 radical (unpaired) electrons. The molecule has 0 aliphatic carbocycles. The fraction of sp³-hybridized carbons (Fsp3) is 0.294. The van der Waals surface area contributed by atoms with Gasteiger partial charge in [-0.3, -0.25) is 0 Å². The summed E-state index contributed by atoms with van der Waals surface area (Å²) in [5.74, 6) is 0.860. The molecule has 0 atom stereocenters. The van der Waals surface area contributed by atoms with Crippen LogP contribution in [-0.2, 0) is 11.3 Å². The van der Waals surface area contributed by atoms with Gasteiger partial charge in [0.1, 0.15) is 12.4 Å². The van der Waals surface area contributed by atoms with Gasteiger partial charge in [-0.05, 0) is 29.7 Å². The number of aryl methyl sites for hydroxylation is 1. The lowest BCUT2D eigenvalue weighted by Gasteiger charge is -2.13. The first kappa shape index (κ1) is 14.6. The molecule has 0 bridgehead atoms. The van der Waals surface area contributed by atoms with E-state index in [0.717, 1.165) is 28.0 Å². The van der Waals surface area contributed by atoms with Crippen molar-refractivity contribution in [3.05, 3.63) is 53.6 Å². The molecule has 20 heavy (non-hydrogen) atoms. The molecule has 0 aliphatic heterocycles. The molecule has 0 aromatic heterocycles. The molecule has 2 aromatic carbocycles. The minimum atomic E-state index is 0.0609. The number of hydrogen-bond donors (Lipinski definition) is 1. The van der Waals surface area contributed by atoms with E-state index in [-0.39, 0.29) is 6.61 Å². The monoisotopic (exact) mass is 272 g/mol. The Morgan fingerprint density at radius 2 is 1.75 bits per heavy atom. The highest BCUT2D eigenvalue weighted by molar-refractivity contribution is 5.71. The molecule has 0 saturated carbocycles. The van der Waals surface area contributed by atoms with E-state index in [1.165, 1.54) is 0 Å². The largest absolute Gasteiger partial charge is 0.491 e. The van der Waals surface area contributed by atoms with Crippen LogP contribution in [0.1, 0.15) is 11.1 Å². The second-order valence-electron chi connectivity index (χ2n) is 4.70. The minimum absolute atomic E-state index is 0.0609. The lowest BCUT2D eigenvalue weighted by atomic mass is 10.0. The molecule has 0 aliphatic rings. The average Bonchev–Trinajstić information content (AvgIpc) is 2.48. The Kier molecular flexibility index (Phi) is 5.16. The Hall–Kier alpha value is -1.84. The zero-order valence-electron chi connectivity index (χ0n) is 11.9. The summed E-state index contributed by atoms with van der Waals surface area (Å²) in [6, 6.07) is 14.0. The normalized spacial score (nSPS) is 10.6. The fourth-order valence-electron chi connectivity index (χ4n) is 2.01. The van der Waals surface area contributed by atoms with Gasteiger partial charge in [-0.2, -0.15) is 0 Å². The van der Waals surface area contributed by atoms with Crippen LogP contribution in [0.2, 0.25) is 0 Å². The van der Waals surface area contributed by atoms with E-state index >= 15 is 0 Å². The average molecular weight is 272 g/mol. The third-order valence-electron chi connectivity index (χ3n) is 3.13. The standard InChI is InChI=1S/C17H20O3/c1-13-3-8-16(17(11-13)20-10-9-19-2)15-6-4-14(12-18)5-7-15/h3-8,11,18H,9-10,12H2,1-2H3. The molecule has 2 aromatic rings. The second-order valence-corrected chi connectivity index (χ2v) is 4.70. The number of aliphatic hydroxyl groups is 1. The Morgan fingerprint density at radius 3 is 2.40 bits per heavy atom. The van der Waals surface area contributed by atoms with Crippen LogP contribution in [0.15, 0.2) is 42.5 Å². The summed E-state index contributed by atoms with van der Waals surface area (Å²) in [4.78, 5) is 0. The highest BCUT2D eigenvalue weighted by atomic mass is 16.5. The van der Waals surface area contributed by atoms with Gasteiger partial charge >= 0.3 is 0 Å². The van der Waals surface area contributed by atoms with Gasteiger partial charge in [0.05, 0.1) is 13.2 Å². The third kappa shape index (κ3) is 3.59. The SMILES string of the molecule is COCCOc1cc(C)ccc1-c1ccc(CO)cc1. The third-order valence-corrected chi connectivity index (χ3v) is 3.13. The zero-order valence-corrected chi connectivity index (χ0v) is 11.9. The Bertz CT molecular complexity index is 547. The first-order valence-electron chi connectivity index (χ1n) is 6.67. The molecule has 0 unspecified atom stereocenters. The fourth-order valence-corrected chi connectivity index (χ4v) is 2.01. The van der Waals surface area contributed by atoms with Crippen molar-refractivity contribution in [1.82, 2.24) is 0 Å². The number of ether oxygens (including phenoxy) is 2. The van der Waals surface area contributed by atoms with Crippen LogP contribution < -0.4 is 4.74 Å². The number of aliphatic hydroxyl groups excluding tert-OH is 1. The van der Waals surface area contributed by atoms with Gasteiger partial charge < -0.3 is 14.6 Å². The second kappa shape index (κ2) is 7.08. The molecule has 2 rings (SSSR count). The van der Waals surface area contributed by atoms with Gasteiger partial charge in [-0.1, -0.05) is 36.4 Å². The van der Waals surface area contributed by atoms with Crippen LogP contribution >= 0.6 is 0 Å². The van der Waals surface area contributed by atoms with Crippen molar-refractivity contribution in [2.24, 2.45) is 0 Å². The van der Waals surface area contributed by atoms with E-state index in [1.807, 2.05) is 37.3 Å². The molecule has 0 amide bonds. The van der Waals surface area contributed by atoms with Gasteiger partial charge in [-0.25, -0.2) is 0 Å². The van der Waals surface area contributed by atoms with Crippen molar-refractivity contribution >= 4 is 0 Å². The summed E-state index contributed by atoms with van der Waals surface area (Å²) in [7, 11) is 1.66. The molecule has 3 nitrogen and oxygen atoms in total. The summed E-state index contributed by atoms with van der Waals surface area (Å²) in [6.45, 7) is 3.20. The summed E-state index contributed by atoms with van der Waals surface area (Å²) in [5.41, 5.74) is 4.20. The lowest BCUT2D eigenvalue weighted by Crippen LogP contribution is -2.05. The maximum atomic E-state index is 9.09. The molecule has 3 heteroatoms. The van der Waals surface area contributed by atoms with Gasteiger partial charge in [0.2, 0.25) is 0 Å². The molecule has 1 N–H and O–H groups in total. The number of methoxy groups -OCH3 is 1. The quantitative estimate of drug-likeness (QED) is 0.821. The topological polar surface area (TPSA) is 38.7 Å². The first-order chi connectivity index (χ1) is 9.74. The lowest BCUT2D eigenvalue weighted by molar-refractivity contribution is 0.146. The summed E-state index contributed by atoms with van der Waals surface area (Å²) >= 11 is 0. The highest BCUT2D eigenvalue weighted by Gasteiger charge is 2.07. The van der Waals surface area contributed by atoms with E-state index in [2.05, 4.69) is 12.1 Å². The Labute approximate surface area is 119 Å². The van der Waals surface area contributed by atoms with Crippen LogP contribution in [-0.4, -0.2) is 25.4 Å². The number of hydrogen-bond acceptors (Lipinski definition) is 3. The maximum absolute atomic E-state index is 9.09. The first-order valence-corrected chi connectivity index (χ1v) is 6.67. The Balaban J connectivity index is 2.28. The van der Waals surface area contributed by atoms with Crippen molar-refractivity contribution in [2.75, 3.05) is 20.3 Å². The molecule has 0 fully saturated rings. The van der Waals surface area contributed by atoms with Crippen molar-refractivity contribution in [3.63, 3.8) is 0 Å². The predicted octanol–water partition coefficient (Wildman–Crippen LogP) is 3.18. The number of benzene rings is 2. The molecule has 106 valence electrons. The molecule has 0 saturated heterocycles. The van der Waals surface area contributed by atoms with Gasteiger partial charge in [0, 0.05) is 12.7 Å². The van der Waals surface area contributed by atoms with Gasteiger partial charge in [0.15, 0.2) is 0 Å². The molecular formula is C17H20O3. The van der Waals surface area contributed by atoms with Crippen LogP contribution in [0.4, 0.5) is 0 Å². The van der Waals surface area contributed by atoms with Gasteiger partial charge in [-0.15, -0.1) is 0 Å². The van der Waals surface area contributed by atoms with E-state index < -0.39 is 0 Å². The summed E-state index contributed by atoms with van der Waals surface area (Å²) in [5, 5.41) is 9.09. The smallest absolute Gasteiger partial charge is 0.127 e. The minimum Gasteiger partial charge on any atom is -0.491 e. The zero-order chi connectivity index (χ0) is 14.4. The van der Waals surface area contributed by atoms with Crippen molar-refractivity contribution in [3.8, 4) is 16.9 Å². The summed E-state index contributed by atoms with van der Waals surface area (Å²) < 4.78 is 10.8. The van der Waals surface area contributed by atoms with Crippen LogP contribution in [0.3, 0.4) is 0 Å². The molecule has 0 spiro atoms. The van der Waals surface area contributed by atoms with Crippen molar-refractivity contribution < 1.29 is 14.6 Å². The van der Waals surface area contributed by atoms with E-state index in [1.54, 1.807) is 7.11 Å². The van der Waals surface area contributed by atoms with E-state index in [4.69, 9.17) is 14.6 Å². The predicted molar refractivity (Wildman–Crippen MR) is 79.9 cm³/mol. The van der Waals surface area contributed by atoms with Crippen molar-refractivity contribution in [1.29, 1.82) is 0 Å². The van der Waals surface area contributed by atoms with Crippen LogP contribution in [0.25, 0.3) is 11.1 Å². The van der Waals surface area contributed by atoms with E-state index in [9.17, 15) is 0 Å². The van der Waals surface area contributed by atoms with Crippen LogP contribution in [0, 0.1) is 6.92 Å². The van der Waals surface area contributed by atoms with E-state index in [0.29, 0.717) is 13.2 Å². The van der Waals surface area contributed by atoms with Crippen molar-refractivity contribution in [2.45, 2.75) is 13.5 Å². The summed E-state index contributed by atoms with van der Waals surface area (Å²) in [6.07, 6.45) is 0. The van der Waals surface area contributed by atoms with Gasteiger partial charge in [0.25, 0.3) is 0 Å². The number of rotatable bonds is 6. The molecule has 0 heterocycles.